The summed E-state index contributed by atoms with van der Waals surface area (Å²) in [7, 11) is -3.42. The molecule has 3 saturated heterocycles. The number of piperazine rings is 1. The van der Waals surface area contributed by atoms with E-state index in [1.165, 1.54) is 19.0 Å². The number of carbonyl (C=O) groups is 1. The molecule has 0 spiro atoms. The summed E-state index contributed by atoms with van der Waals surface area (Å²) in [6.07, 6.45) is 8.03. The number of hydrogen-bond donors (Lipinski definition) is 0. The van der Waals surface area contributed by atoms with E-state index in [1.54, 1.807) is 16.4 Å². The Hall–Kier alpha value is -1.71. The van der Waals surface area contributed by atoms with Gasteiger partial charge in [-0.2, -0.15) is 4.31 Å². The van der Waals surface area contributed by atoms with Crippen LogP contribution in [0.5, 0.6) is 0 Å². The highest BCUT2D eigenvalue weighted by Crippen LogP contribution is 2.22. The van der Waals surface area contributed by atoms with Crippen LogP contribution in [0, 0.1) is 0 Å². The fraction of sp³-hybridized carbons (Fsp3) is 0.714. The second-order valence-corrected chi connectivity index (χ2v) is 10.5. The molecule has 0 aromatic carbocycles. The molecule has 4 heterocycles. The number of nitrogens with zero attached hydrogens (tertiary/aromatic N) is 5. The summed E-state index contributed by atoms with van der Waals surface area (Å²) in [5.74, 6) is 1.05. The third-order valence-corrected chi connectivity index (χ3v) is 8.32. The molecule has 3 fully saturated rings. The molecular weight excluding hydrogens is 402 g/mol. The summed E-state index contributed by atoms with van der Waals surface area (Å²) >= 11 is 0. The number of anilines is 1. The summed E-state index contributed by atoms with van der Waals surface area (Å²) < 4.78 is 26.8. The van der Waals surface area contributed by atoms with E-state index >= 15 is 0 Å². The van der Waals surface area contributed by atoms with E-state index in [2.05, 4.69) is 14.8 Å². The van der Waals surface area contributed by atoms with E-state index in [1.807, 2.05) is 4.90 Å². The fourth-order valence-electron chi connectivity index (χ4n) is 4.54. The van der Waals surface area contributed by atoms with Crippen LogP contribution in [-0.2, 0) is 14.8 Å². The Labute approximate surface area is 179 Å². The van der Waals surface area contributed by atoms with Crippen molar-refractivity contribution >= 4 is 21.7 Å². The molecule has 9 heteroatoms. The highest BCUT2D eigenvalue weighted by Gasteiger charge is 2.28. The van der Waals surface area contributed by atoms with Gasteiger partial charge in [-0.15, -0.1) is 0 Å². The van der Waals surface area contributed by atoms with Crippen LogP contribution in [0.15, 0.2) is 23.2 Å². The largest absolute Gasteiger partial charge is 0.354 e. The molecule has 0 aliphatic carbocycles. The number of hydrogen-bond acceptors (Lipinski definition) is 6. The van der Waals surface area contributed by atoms with Crippen LogP contribution in [0.1, 0.15) is 38.5 Å². The molecule has 0 radical (unpaired) electrons. The lowest BCUT2D eigenvalue weighted by Crippen LogP contribution is -2.50. The first kappa shape index (κ1) is 21.5. The lowest BCUT2D eigenvalue weighted by molar-refractivity contribution is -0.132. The van der Waals surface area contributed by atoms with Crippen LogP contribution >= 0.6 is 0 Å². The Morgan fingerprint density at radius 3 is 2.07 bits per heavy atom. The van der Waals surface area contributed by atoms with Gasteiger partial charge < -0.3 is 9.80 Å². The molecule has 0 bridgehead atoms. The summed E-state index contributed by atoms with van der Waals surface area (Å²) in [5, 5.41) is 0. The molecule has 0 atom stereocenters. The number of amides is 1. The Bertz CT molecular complexity index is 808. The molecular formula is C21H33N5O3S. The summed E-state index contributed by atoms with van der Waals surface area (Å²) in [6.45, 7) is 6.70. The van der Waals surface area contributed by atoms with Gasteiger partial charge >= 0.3 is 0 Å². The van der Waals surface area contributed by atoms with Gasteiger partial charge in [0.25, 0.3) is 0 Å². The molecule has 30 heavy (non-hydrogen) atoms. The molecule has 0 saturated carbocycles. The monoisotopic (exact) mass is 435 g/mol. The van der Waals surface area contributed by atoms with Crippen molar-refractivity contribution in [2.75, 3.05) is 63.8 Å². The first-order chi connectivity index (χ1) is 14.5. The Morgan fingerprint density at radius 2 is 1.47 bits per heavy atom. The Balaban J connectivity index is 1.29. The second kappa shape index (κ2) is 9.62. The van der Waals surface area contributed by atoms with Crippen LogP contribution in [0.25, 0.3) is 0 Å². The zero-order chi connectivity index (χ0) is 21.0. The molecule has 3 aliphatic rings. The van der Waals surface area contributed by atoms with E-state index in [0.717, 1.165) is 70.8 Å². The zero-order valence-electron chi connectivity index (χ0n) is 17.7. The molecule has 0 N–H and O–H groups in total. The van der Waals surface area contributed by atoms with Gasteiger partial charge in [0.1, 0.15) is 10.7 Å². The number of pyridine rings is 1. The van der Waals surface area contributed by atoms with Crippen molar-refractivity contribution in [3.63, 3.8) is 0 Å². The van der Waals surface area contributed by atoms with Crippen molar-refractivity contribution in [1.82, 2.24) is 19.1 Å². The maximum atomic E-state index is 12.6. The number of rotatable bonds is 5. The zero-order valence-corrected chi connectivity index (χ0v) is 18.5. The number of sulfonamides is 1. The van der Waals surface area contributed by atoms with Gasteiger partial charge in [-0.25, -0.2) is 13.4 Å². The van der Waals surface area contributed by atoms with Crippen molar-refractivity contribution in [1.29, 1.82) is 0 Å². The highest BCUT2D eigenvalue weighted by atomic mass is 32.2. The van der Waals surface area contributed by atoms with Crippen LogP contribution in [0.4, 0.5) is 5.82 Å². The minimum atomic E-state index is -3.42. The van der Waals surface area contributed by atoms with Crippen LogP contribution in [0.3, 0.4) is 0 Å². The normalized spacial score (nSPS) is 22.3. The smallest absolute Gasteiger partial charge is 0.244 e. The molecule has 4 rings (SSSR count). The molecule has 0 unspecified atom stereocenters. The SMILES string of the molecule is O=C(CN1CCN(c2ccc(S(=O)(=O)N3CCCC3)cn2)CC1)N1CCCCCC1. The van der Waals surface area contributed by atoms with Crippen LogP contribution in [-0.4, -0.2) is 92.3 Å². The third kappa shape index (κ3) is 4.95. The van der Waals surface area contributed by atoms with Crippen molar-refractivity contribution in [3.8, 4) is 0 Å². The number of carbonyl (C=O) groups excluding carboxylic acids is 1. The van der Waals surface area contributed by atoms with Crippen molar-refractivity contribution < 1.29 is 13.2 Å². The van der Waals surface area contributed by atoms with Gasteiger partial charge in [-0.3, -0.25) is 9.69 Å². The Kier molecular flexibility index (Phi) is 6.90. The first-order valence-corrected chi connectivity index (χ1v) is 12.7. The predicted molar refractivity (Wildman–Crippen MR) is 116 cm³/mol. The minimum Gasteiger partial charge on any atom is -0.354 e. The van der Waals surface area contributed by atoms with Gasteiger partial charge in [-0.05, 0) is 37.8 Å². The maximum Gasteiger partial charge on any atom is 0.244 e. The van der Waals surface area contributed by atoms with Gasteiger partial charge in [-0.1, -0.05) is 12.8 Å². The summed E-state index contributed by atoms with van der Waals surface area (Å²) in [5.41, 5.74) is 0. The van der Waals surface area contributed by atoms with E-state index in [-0.39, 0.29) is 10.8 Å². The van der Waals surface area contributed by atoms with E-state index < -0.39 is 10.0 Å². The van der Waals surface area contributed by atoms with Gasteiger partial charge in [0.15, 0.2) is 0 Å². The van der Waals surface area contributed by atoms with Crippen LogP contribution < -0.4 is 4.90 Å². The highest BCUT2D eigenvalue weighted by molar-refractivity contribution is 7.89. The molecule has 3 aliphatic heterocycles. The molecule has 1 amide bonds. The van der Waals surface area contributed by atoms with E-state index in [4.69, 9.17) is 0 Å². The van der Waals surface area contributed by atoms with Gasteiger partial charge in [0.05, 0.1) is 6.54 Å². The second-order valence-electron chi connectivity index (χ2n) is 8.52. The molecule has 8 nitrogen and oxygen atoms in total. The lowest BCUT2D eigenvalue weighted by atomic mass is 10.2. The van der Waals surface area contributed by atoms with E-state index in [9.17, 15) is 13.2 Å². The lowest BCUT2D eigenvalue weighted by Gasteiger charge is -2.36. The van der Waals surface area contributed by atoms with E-state index in [0.29, 0.717) is 19.6 Å². The molecule has 166 valence electrons. The van der Waals surface area contributed by atoms with Crippen LogP contribution in [0.2, 0.25) is 0 Å². The fourth-order valence-corrected chi connectivity index (χ4v) is 6.00. The number of aromatic nitrogens is 1. The summed E-state index contributed by atoms with van der Waals surface area (Å²) in [4.78, 5) is 23.7. The predicted octanol–water partition coefficient (Wildman–Crippen LogP) is 1.39. The van der Waals surface area contributed by atoms with Crippen molar-refractivity contribution in [3.05, 3.63) is 18.3 Å². The molecule has 1 aromatic heterocycles. The third-order valence-electron chi connectivity index (χ3n) is 6.44. The first-order valence-electron chi connectivity index (χ1n) is 11.3. The minimum absolute atomic E-state index is 0.250. The van der Waals surface area contributed by atoms with Crippen molar-refractivity contribution in [2.45, 2.75) is 43.4 Å². The summed E-state index contributed by atoms with van der Waals surface area (Å²) in [6, 6.07) is 3.48. The van der Waals surface area contributed by atoms with Gasteiger partial charge in [0, 0.05) is 58.6 Å². The van der Waals surface area contributed by atoms with Gasteiger partial charge in [0.2, 0.25) is 15.9 Å². The Morgan fingerprint density at radius 1 is 0.833 bits per heavy atom. The topological polar surface area (TPSA) is 77.1 Å². The molecule has 1 aromatic rings. The maximum absolute atomic E-state index is 12.6. The number of likely N-dealkylation sites (tertiary alicyclic amines) is 1. The average molecular weight is 436 g/mol. The van der Waals surface area contributed by atoms with Crippen molar-refractivity contribution in [2.24, 2.45) is 0 Å². The quantitative estimate of drug-likeness (QED) is 0.696. The average Bonchev–Trinajstić information content (AvgIpc) is 3.18. The standard InChI is InChI=1S/C21H33N5O3S/c27-21(25-9-3-1-2-4-10-25)18-23-13-15-24(16-14-23)20-8-7-19(17-22-20)30(28,29)26-11-5-6-12-26/h7-8,17H,1-6,9-16,18H2.